The highest BCUT2D eigenvalue weighted by Gasteiger charge is 2.24. The molecule has 156 valence electrons. The van der Waals surface area contributed by atoms with Crippen LogP contribution in [0.2, 0.25) is 0 Å². The van der Waals surface area contributed by atoms with Crippen LogP contribution in [-0.2, 0) is 10.0 Å². The zero-order chi connectivity index (χ0) is 21.7. The molecule has 0 atom stereocenters. The monoisotopic (exact) mass is 426 g/mol. The molecule has 0 aliphatic rings. The van der Waals surface area contributed by atoms with Crippen molar-refractivity contribution in [3.63, 3.8) is 0 Å². The predicted octanol–water partition coefficient (Wildman–Crippen LogP) is 3.99. The fourth-order valence-corrected chi connectivity index (χ4v) is 3.73. The molecule has 0 spiro atoms. The number of sulfonamides is 1. The molecule has 0 heterocycles. The van der Waals surface area contributed by atoms with Gasteiger partial charge in [-0.3, -0.25) is 4.79 Å². The van der Waals surface area contributed by atoms with Crippen molar-refractivity contribution >= 4 is 21.6 Å². The number of hydrogen-bond acceptors (Lipinski definition) is 5. The summed E-state index contributed by atoms with van der Waals surface area (Å²) in [5, 5.41) is 2.75. The first kappa shape index (κ1) is 21.4. The van der Waals surface area contributed by atoms with Gasteiger partial charge in [-0.2, -0.15) is 0 Å². The van der Waals surface area contributed by atoms with Gasteiger partial charge in [0.1, 0.15) is 22.1 Å². The molecule has 3 rings (SSSR count). The molecule has 8 heteroatoms. The Balaban J connectivity index is 1.77. The van der Waals surface area contributed by atoms with E-state index in [1.165, 1.54) is 39.4 Å². The molecule has 3 aromatic carbocycles. The minimum absolute atomic E-state index is 0.0748. The lowest BCUT2D eigenvalue weighted by Crippen LogP contribution is -2.23. The van der Waals surface area contributed by atoms with E-state index in [9.17, 15) is 13.2 Å². The molecule has 0 fully saturated rings. The molecule has 0 saturated heterocycles. The van der Waals surface area contributed by atoms with Gasteiger partial charge < -0.3 is 14.8 Å². The van der Waals surface area contributed by atoms with E-state index in [2.05, 4.69) is 5.32 Å². The topological polar surface area (TPSA) is 84.9 Å². The van der Waals surface area contributed by atoms with Crippen LogP contribution in [0.5, 0.6) is 17.2 Å². The molecular weight excluding hydrogens is 404 g/mol. The Morgan fingerprint density at radius 1 is 0.900 bits per heavy atom. The van der Waals surface area contributed by atoms with Crippen molar-refractivity contribution in [1.82, 2.24) is 4.31 Å². The number of carbonyl (C=O) groups is 1. The van der Waals surface area contributed by atoms with Gasteiger partial charge in [-0.05, 0) is 54.6 Å². The summed E-state index contributed by atoms with van der Waals surface area (Å²) in [6.45, 7) is 0. The Hall–Kier alpha value is -3.36. The fourth-order valence-electron chi connectivity index (χ4n) is 2.65. The lowest BCUT2D eigenvalue weighted by Gasteiger charge is -2.15. The van der Waals surface area contributed by atoms with Crippen molar-refractivity contribution in [2.45, 2.75) is 4.90 Å². The summed E-state index contributed by atoms with van der Waals surface area (Å²) in [5.74, 6) is 1.07. The van der Waals surface area contributed by atoms with Gasteiger partial charge >= 0.3 is 0 Å². The van der Waals surface area contributed by atoms with Crippen LogP contribution in [0.25, 0.3) is 0 Å². The van der Waals surface area contributed by atoms with E-state index in [4.69, 9.17) is 9.47 Å². The Morgan fingerprint density at radius 3 is 2.13 bits per heavy atom. The zero-order valence-electron chi connectivity index (χ0n) is 16.8. The van der Waals surface area contributed by atoms with Crippen molar-refractivity contribution in [3.05, 3.63) is 78.4 Å². The Labute approximate surface area is 175 Å². The Bertz CT molecular complexity index is 1130. The van der Waals surface area contributed by atoms with Gasteiger partial charge in [0.05, 0.1) is 7.11 Å². The van der Waals surface area contributed by atoms with Crippen LogP contribution < -0.4 is 14.8 Å². The van der Waals surface area contributed by atoms with Crippen LogP contribution in [0, 0.1) is 0 Å². The minimum Gasteiger partial charge on any atom is -0.495 e. The van der Waals surface area contributed by atoms with Gasteiger partial charge in [-0.25, -0.2) is 12.7 Å². The van der Waals surface area contributed by atoms with E-state index in [0.717, 1.165) is 4.31 Å². The predicted molar refractivity (Wildman–Crippen MR) is 115 cm³/mol. The van der Waals surface area contributed by atoms with Gasteiger partial charge in [0, 0.05) is 25.3 Å². The summed E-state index contributed by atoms with van der Waals surface area (Å²) in [6, 6.07) is 20.5. The lowest BCUT2D eigenvalue weighted by molar-refractivity contribution is 0.102. The second-order valence-corrected chi connectivity index (χ2v) is 8.67. The Morgan fingerprint density at radius 2 is 1.53 bits per heavy atom. The standard InChI is InChI=1S/C22H22N2O5S/c1-24(2)30(26,27)21-15-16(9-14-20(21)28-3)22(25)23-17-10-12-19(13-11-17)29-18-7-5-4-6-8-18/h4-15H,1-3H3,(H,23,25). The van der Waals surface area contributed by atoms with Crippen molar-refractivity contribution in [2.75, 3.05) is 26.5 Å². The number of carbonyl (C=O) groups excluding carboxylic acids is 1. The highest BCUT2D eigenvalue weighted by molar-refractivity contribution is 7.89. The number of rotatable bonds is 7. The second-order valence-electron chi connectivity index (χ2n) is 6.55. The van der Waals surface area contributed by atoms with Crippen LogP contribution in [0.4, 0.5) is 5.69 Å². The average Bonchev–Trinajstić information content (AvgIpc) is 2.75. The molecule has 7 nitrogen and oxygen atoms in total. The number of hydrogen-bond donors (Lipinski definition) is 1. The molecule has 0 aromatic heterocycles. The van der Waals surface area contributed by atoms with Crippen molar-refractivity contribution in [1.29, 1.82) is 0 Å². The number of ether oxygens (including phenoxy) is 2. The van der Waals surface area contributed by atoms with E-state index in [1.807, 2.05) is 30.3 Å². The van der Waals surface area contributed by atoms with Crippen molar-refractivity contribution < 1.29 is 22.7 Å². The van der Waals surface area contributed by atoms with Gasteiger partial charge in [0.2, 0.25) is 10.0 Å². The highest BCUT2D eigenvalue weighted by atomic mass is 32.2. The molecule has 30 heavy (non-hydrogen) atoms. The molecule has 1 amide bonds. The maximum atomic E-state index is 12.6. The molecule has 0 aliphatic heterocycles. The van der Waals surface area contributed by atoms with Crippen LogP contribution in [0.15, 0.2) is 77.7 Å². The van der Waals surface area contributed by atoms with Crippen LogP contribution in [0.1, 0.15) is 10.4 Å². The molecule has 0 bridgehead atoms. The van der Waals surface area contributed by atoms with Gasteiger partial charge in [-0.15, -0.1) is 0 Å². The van der Waals surface area contributed by atoms with E-state index < -0.39 is 15.9 Å². The molecule has 0 aliphatic carbocycles. The van der Waals surface area contributed by atoms with Crippen LogP contribution in [-0.4, -0.2) is 39.8 Å². The maximum absolute atomic E-state index is 12.6. The van der Waals surface area contributed by atoms with E-state index >= 15 is 0 Å². The molecule has 3 aromatic rings. The third-order valence-electron chi connectivity index (χ3n) is 4.28. The summed E-state index contributed by atoms with van der Waals surface area (Å²) >= 11 is 0. The van der Waals surface area contributed by atoms with Crippen molar-refractivity contribution in [2.24, 2.45) is 0 Å². The summed E-state index contributed by atoms with van der Waals surface area (Å²) in [7, 11) is 0.440. The smallest absolute Gasteiger partial charge is 0.255 e. The third kappa shape index (κ3) is 4.79. The number of nitrogens with zero attached hydrogens (tertiary/aromatic N) is 1. The second kappa shape index (κ2) is 8.98. The number of anilines is 1. The average molecular weight is 426 g/mol. The SMILES string of the molecule is COc1ccc(C(=O)Nc2ccc(Oc3ccccc3)cc2)cc1S(=O)(=O)N(C)C. The molecule has 1 N–H and O–H groups in total. The van der Waals surface area contributed by atoms with Gasteiger partial charge in [-0.1, -0.05) is 18.2 Å². The summed E-state index contributed by atoms with van der Waals surface area (Å²) in [5.41, 5.74) is 0.745. The molecule has 0 radical (unpaired) electrons. The summed E-state index contributed by atoms with van der Waals surface area (Å²) < 4.78 is 37.0. The first-order valence-electron chi connectivity index (χ1n) is 9.06. The maximum Gasteiger partial charge on any atom is 0.255 e. The number of para-hydroxylation sites is 1. The number of methoxy groups -OCH3 is 1. The largest absolute Gasteiger partial charge is 0.495 e. The van der Waals surface area contributed by atoms with E-state index in [-0.39, 0.29) is 16.2 Å². The van der Waals surface area contributed by atoms with Crippen molar-refractivity contribution in [3.8, 4) is 17.2 Å². The van der Waals surface area contributed by atoms with Gasteiger partial charge in [0.15, 0.2) is 0 Å². The van der Waals surface area contributed by atoms with Gasteiger partial charge in [0.25, 0.3) is 5.91 Å². The van der Waals surface area contributed by atoms with E-state index in [0.29, 0.717) is 17.2 Å². The quantitative estimate of drug-likeness (QED) is 0.618. The zero-order valence-corrected chi connectivity index (χ0v) is 17.6. The number of amides is 1. The molecular formula is C22H22N2O5S. The molecule has 0 saturated carbocycles. The van der Waals surface area contributed by atoms with Crippen LogP contribution >= 0.6 is 0 Å². The first-order valence-corrected chi connectivity index (χ1v) is 10.5. The van der Waals surface area contributed by atoms with E-state index in [1.54, 1.807) is 24.3 Å². The normalized spacial score (nSPS) is 11.2. The first-order chi connectivity index (χ1) is 14.3. The lowest BCUT2D eigenvalue weighted by atomic mass is 10.2. The third-order valence-corrected chi connectivity index (χ3v) is 6.11. The fraction of sp³-hybridized carbons (Fsp3) is 0.136. The summed E-state index contributed by atoms with van der Waals surface area (Å²) in [4.78, 5) is 12.6. The minimum atomic E-state index is -3.77. The molecule has 0 unspecified atom stereocenters. The summed E-state index contributed by atoms with van der Waals surface area (Å²) in [6.07, 6.45) is 0. The Kier molecular flexibility index (Phi) is 6.39. The highest BCUT2D eigenvalue weighted by Crippen LogP contribution is 2.28. The number of nitrogens with one attached hydrogen (secondary N) is 1. The van der Waals surface area contributed by atoms with Crippen LogP contribution in [0.3, 0.4) is 0 Å². The number of benzene rings is 3.